The van der Waals surface area contributed by atoms with Crippen LogP contribution in [0.2, 0.25) is 0 Å². The van der Waals surface area contributed by atoms with Gasteiger partial charge in [0.05, 0.1) is 12.7 Å². The van der Waals surface area contributed by atoms with Crippen LogP contribution in [0.15, 0.2) is 28.9 Å². The number of carbonyl (C=O) groups excluding carboxylic acids is 1. The van der Waals surface area contributed by atoms with Crippen LogP contribution in [0.5, 0.6) is 5.75 Å². The summed E-state index contributed by atoms with van der Waals surface area (Å²) in [6, 6.07) is 5.14. The van der Waals surface area contributed by atoms with Gasteiger partial charge in [0.15, 0.2) is 0 Å². The van der Waals surface area contributed by atoms with Crippen molar-refractivity contribution in [1.29, 1.82) is 0 Å². The molecule has 0 unspecified atom stereocenters. The Labute approximate surface area is 90.9 Å². The van der Waals surface area contributed by atoms with Crippen LogP contribution < -0.4 is 4.74 Å². The Morgan fingerprint density at radius 2 is 2.38 bits per heavy atom. The largest absolute Gasteiger partial charge is 0.497 e. The molecule has 0 bridgehead atoms. The molecule has 1 heterocycles. The van der Waals surface area contributed by atoms with E-state index in [0.29, 0.717) is 22.3 Å². The van der Waals surface area contributed by atoms with E-state index in [9.17, 15) is 4.79 Å². The average molecular weight is 216 g/mol. The lowest BCUT2D eigenvalue weighted by atomic mass is 10.1. The van der Waals surface area contributed by atoms with Gasteiger partial charge in [-0.25, -0.2) is 0 Å². The van der Waals surface area contributed by atoms with E-state index in [1.807, 2.05) is 0 Å². The monoisotopic (exact) mass is 216 g/mol. The molecule has 0 saturated carbocycles. The molecule has 0 N–H and O–H groups in total. The van der Waals surface area contributed by atoms with Gasteiger partial charge in [0, 0.05) is 5.39 Å². The van der Waals surface area contributed by atoms with Crippen LogP contribution in [0.3, 0.4) is 0 Å². The number of methoxy groups -OCH3 is 1. The molecular formula is C11H8N2O3. The van der Waals surface area contributed by atoms with Gasteiger partial charge < -0.3 is 14.7 Å². The third kappa shape index (κ3) is 1.60. The topological polar surface area (TPSA) is 75.8 Å². The number of ether oxygens (including phenoxy) is 1. The van der Waals surface area contributed by atoms with Crippen LogP contribution in [-0.2, 0) is 0 Å². The van der Waals surface area contributed by atoms with E-state index in [-0.39, 0.29) is 0 Å². The zero-order chi connectivity index (χ0) is 11.5. The van der Waals surface area contributed by atoms with Crippen molar-refractivity contribution in [3.63, 3.8) is 0 Å². The van der Waals surface area contributed by atoms with Gasteiger partial charge in [-0.1, -0.05) is 0 Å². The fourth-order valence-electron chi connectivity index (χ4n) is 1.45. The highest BCUT2D eigenvalue weighted by molar-refractivity contribution is 6.36. The number of nitrogens with zero attached hydrogens (tertiary/aromatic N) is 2. The minimum absolute atomic E-state index is 0.340. The summed E-state index contributed by atoms with van der Waals surface area (Å²) in [4.78, 5) is 14.2. The molecule has 5 heteroatoms. The van der Waals surface area contributed by atoms with Crippen molar-refractivity contribution in [2.24, 2.45) is 0 Å². The van der Waals surface area contributed by atoms with Crippen molar-refractivity contribution in [3.8, 4) is 5.75 Å². The molecule has 0 saturated heterocycles. The van der Waals surface area contributed by atoms with Crippen molar-refractivity contribution in [2.45, 2.75) is 0 Å². The highest BCUT2D eigenvalue weighted by Crippen LogP contribution is 2.25. The Kier molecular flexibility index (Phi) is 2.54. The lowest BCUT2D eigenvalue weighted by molar-refractivity contribution is 0.00235. The molecule has 1 aromatic carbocycles. The number of fused-ring (bicyclic) bond motifs is 1. The second-order valence-corrected chi connectivity index (χ2v) is 3.12. The van der Waals surface area contributed by atoms with Gasteiger partial charge in [0.25, 0.3) is 5.78 Å². The van der Waals surface area contributed by atoms with Crippen molar-refractivity contribution in [2.75, 3.05) is 7.11 Å². The summed E-state index contributed by atoms with van der Waals surface area (Å²) in [6.45, 7) is 0. The summed E-state index contributed by atoms with van der Waals surface area (Å²) in [5.74, 6) is 0.207. The fraction of sp³-hybridized carbons (Fsp3) is 0.0909. The number of rotatable bonds is 3. The number of hydrogen-bond donors (Lipinski definition) is 0. The van der Waals surface area contributed by atoms with E-state index in [1.54, 1.807) is 18.2 Å². The van der Waals surface area contributed by atoms with Gasteiger partial charge in [-0.2, -0.15) is 4.79 Å². The summed E-state index contributed by atoms with van der Waals surface area (Å²) in [5.41, 5.74) is 9.22. The predicted molar refractivity (Wildman–Crippen MR) is 56.8 cm³/mol. The molecule has 2 rings (SSSR count). The molecular weight excluding hydrogens is 208 g/mol. The van der Waals surface area contributed by atoms with Crippen LogP contribution in [-0.4, -0.2) is 23.9 Å². The number of carbonyl (C=O) groups is 1. The first kappa shape index (κ1) is 10.1. The number of hydrogen-bond acceptors (Lipinski definition) is 3. The SMILES string of the molecule is COc1ccc2occ(C(=O)C=[N+]=[N-])c2c1. The predicted octanol–water partition coefficient (Wildman–Crippen LogP) is 1.92. The number of ketones is 1. The van der Waals surface area contributed by atoms with Gasteiger partial charge in [-0.3, -0.25) is 4.79 Å². The number of furan rings is 1. The lowest BCUT2D eigenvalue weighted by Gasteiger charge is -1.98. The number of Topliss-reactive ketones (excluding diaryl/α,β-unsaturated/α-hetero) is 1. The van der Waals surface area contributed by atoms with Gasteiger partial charge in [-0.05, 0) is 18.2 Å². The Balaban J connectivity index is 2.62. The molecule has 0 spiro atoms. The molecule has 16 heavy (non-hydrogen) atoms. The molecule has 0 fully saturated rings. The molecule has 0 aliphatic heterocycles. The Hall–Kier alpha value is -2.39. The van der Waals surface area contributed by atoms with Gasteiger partial charge in [0.2, 0.25) is 0 Å². The summed E-state index contributed by atoms with van der Waals surface area (Å²) < 4.78 is 10.2. The maximum Gasteiger partial charge on any atom is 0.328 e. The van der Waals surface area contributed by atoms with E-state index in [4.69, 9.17) is 14.7 Å². The molecule has 80 valence electrons. The smallest absolute Gasteiger partial charge is 0.328 e. The van der Waals surface area contributed by atoms with Gasteiger partial charge in [-0.15, -0.1) is 0 Å². The molecule has 0 aliphatic carbocycles. The standard InChI is InChI=1S/C11H8N2O3/c1-15-7-2-3-11-8(4-7)9(6-16-11)10(14)5-13-12/h2-6H,1H3. The molecule has 5 nitrogen and oxygen atoms in total. The van der Waals surface area contributed by atoms with E-state index >= 15 is 0 Å². The van der Waals surface area contributed by atoms with Crippen molar-refractivity contribution in [3.05, 3.63) is 35.6 Å². The minimum Gasteiger partial charge on any atom is -0.497 e. The zero-order valence-corrected chi connectivity index (χ0v) is 8.51. The van der Waals surface area contributed by atoms with Crippen LogP contribution in [0.25, 0.3) is 16.5 Å². The summed E-state index contributed by atoms with van der Waals surface area (Å²) >= 11 is 0. The first-order valence-electron chi connectivity index (χ1n) is 4.53. The van der Waals surface area contributed by atoms with Crippen LogP contribution in [0, 0.1) is 0 Å². The quantitative estimate of drug-likeness (QED) is 0.340. The summed E-state index contributed by atoms with van der Waals surface area (Å²) in [5, 5.41) is 0.629. The normalized spacial score (nSPS) is 9.81. The lowest BCUT2D eigenvalue weighted by Crippen LogP contribution is -1.99. The van der Waals surface area contributed by atoms with E-state index < -0.39 is 5.78 Å². The van der Waals surface area contributed by atoms with E-state index in [1.165, 1.54) is 13.4 Å². The highest BCUT2D eigenvalue weighted by atomic mass is 16.5. The Morgan fingerprint density at radius 3 is 3.06 bits per heavy atom. The maximum absolute atomic E-state index is 11.5. The molecule has 0 amide bonds. The Morgan fingerprint density at radius 1 is 1.56 bits per heavy atom. The molecule has 0 atom stereocenters. The van der Waals surface area contributed by atoms with Crippen LogP contribution >= 0.6 is 0 Å². The molecule has 0 aliphatic rings. The molecule has 0 radical (unpaired) electrons. The van der Waals surface area contributed by atoms with Gasteiger partial charge >= 0.3 is 6.21 Å². The highest BCUT2D eigenvalue weighted by Gasteiger charge is 2.15. The van der Waals surface area contributed by atoms with E-state index in [2.05, 4.69) is 4.79 Å². The minimum atomic E-state index is -0.422. The summed E-state index contributed by atoms with van der Waals surface area (Å²) in [7, 11) is 1.54. The maximum atomic E-state index is 11.5. The third-order valence-electron chi connectivity index (χ3n) is 2.22. The second kappa shape index (κ2) is 4.00. The third-order valence-corrected chi connectivity index (χ3v) is 2.22. The average Bonchev–Trinajstić information content (AvgIpc) is 2.71. The van der Waals surface area contributed by atoms with E-state index in [0.717, 1.165) is 6.21 Å². The van der Waals surface area contributed by atoms with Crippen molar-refractivity contribution >= 4 is 23.0 Å². The zero-order valence-electron chi connectivity index (χ0n) is 8.51. The fourth-order valence-corrected chi connectivity index (χ4v) is 1.45. The van der Waals surface area contributed by atoms with Crippen molar-refractivity contribution < 1.29 is 18.7 Å². The first-order chi connectivity index (χ1) is 7.76. The Bertz CT molecular complexity index is 594. The summed E-state index contributed by atoms with van der Waals surface area (Å²) in [6.07, 6.45) is 2.15. The van der Waals surface area contributed by atoms with Gasteiger partial charge in [0.1, 0.15) is 17.6 Å². The second-order valence-electron chi connectivity index (χ2n) is 3.12. The van der Waals surface area contributed by atoms with Crippen LogP contribution in [0.4, 0.5) is 0 Å². The molecule has 2 aromatic rings. The number of benzene rings is 1. The molecule has 1 aromatic heterocycles. The van der Waals surface area contributed by atoms with Crippen molar-refractivity contribution in [1.82, 2.24) is 0 Å². The van der Waals surface area contributed by atoms with Crippen LogP contribution in [0.1, 0.15) is 10.4 Å². The first-order valence-corrected chi connectivity index (χ1v) is 4.53.